The van der Waals surface area contributed by atoms with E-state index in [9.17, 15) is 0 Å². The lowest BCUT2D eigenvalue weighted by Crippen LogP contribution is -2.48. The van der Waals surface area contributed by atoms with Crippen LogP contribution in [-0.4, -0.2) is 48.1 Å². The summed E-state index contributed by atoms with van der Waals surface area (Å²) in [6.07, 6.45) is 7.79. The quantitative estimate of drug-likeness (QED) is 0.792. The molecule has 2 bridgehead atoms. The zero-order valence-corrected chi connectivity index (χ0v) is 11.0. The van der Waals surface area contributed by atoms with Gasteiger partial charge in [0.25, 0.3) is 0 Å². The van der Waals surface area contributed by atoms with E-state index in [4.69, 9.17) is 0 Å². The van der Waals surface area contributed by atoms with Crippen LogP contribution in [0.3, 0.4) is 0 Å². The lowest BCUT2D eigenvalue weighted by molar-refractivity contribution is 0.149. The first-order valence-electron chi connectivity index (χ1n) is 6.18. The van der Waals surface area contributed by atoms with E-state index in [1.54, 1.807) is 0 Å². The first kappa shape index (κ1) is 11.7. The molecule has 2 fully saturated rings. The van der Waals surface area contributed by atoms with Crippen molar-refractivity contribution in [2.45, 2.75) is 56.0 Å². The van der Waals surface area contributed by atoms with E-state index >= 15 is 0 Å². The van der Waals surface area contributed by atoms with Crippen molar-refractivity contribution in [2.75, 3.05) is 19.8 Å². The average Bonchev–Trinajstić information content (AvgIpc) is 2.50. The van der Waals surface area contributed by atoms with Crippen molar-refractivity contribution in [3.63, 3.8) is 0 Å². The molecule has 0 aromatic carbocycles. The highest BCUT2D eigenvalue weighted by Crippen LogP contribution is 2.34. The van der Waals surface area contributed by atoms with E-state index in [0.29, 0.717) is 0 Å². The molecule has 0 aromatic rings. The van der Waals surface area contributed by atoms with Crippen LogP contribution in [0.25, 0.3) is 0 Å². The third-order valence-corrected chi connectivity index (χ3v) is 5.17. The summed E-state index contributed by atoms with van der Waals surface area (Å²) in [5.41, 5.74) is 0. The monoisotopic (exact) mass is 228 g/mol. The fourth-order valence-corrected chi connectivity index (χ4v) is 3.26. The molecule has 0 radical (unpaired) electrons. The van der Waals surface area contributed by atoms with Crippen molar-refractivity contribution in [1.29, 1.82) is 0 Å². The van der Waals surface area contributed by atoms with Crippen molar-refractivity contribution in [3.05, 3.63) is 0 Å². The second kappa shape index (κ2) is 5.07. The number of thioether (sulfide) groups is 1. The van der Waals surface area contributed by atoms with Gasteiger partial charge in [0, 0.05) is 29.9 Å². The average molecular weight is 228 g/mol. The third-order valence-electron chi connectivity index (χ3n) is 4.19. The molecule has 3 heteroatoms. The van der Waals surface area contributed by atoms with Crippen LogP contribution in [0.15, 0.2) is 0 Å². The Bertz CT molecular complexity index is 196. The van der Waals surface area contributed by atoms with E-state index < -0.39 is 0 Å². The van der Waals surface area contributed by atoms with Gasteiger partial charge in [-0.1, -0.05) is 6.92 Å². The standard InChI is InChI=1S/C12H24N2S/c1-9(15-3)8-13-10-6-11-4-5-12(7-10)14(11)2/h9-13H,4-8H2,1-3H3. The molecule has 2 nitrogen and oxygen atoms in total. The van der Waals surface area contributed by atoms with Gasteiger partial charge in [0.15, 0.2) is 0 Å². The zero-order chi connectivity index (χ0) is 10.8. The van der Waals surface area contributed by atoms with Gasteiger partial charge in [-0.15, -0.1) is 0 Å². The molecule has 2 aliphatic rings. The first-order valence-corrected chi connectivity index (χ1v) is 7.47. The molecule has 0 aromatic heterocycles. The molecular weight excluding hydrogens is 204 g/mol. The molecule has 0 spiro atoms. The number of piperidine rings is 1. The van der Waals surface area contributed by atoms with Gasteiger partial charge >= 0.3 is 0 Å². The summed E-state index contributed by atoms with van der Waals surface area (Å²) < 4.78 is 0. The Labute approximate surface area is 98.2 Å². The Balaban J connectivity index is 1.77. The Morgan fingerprint density at radius 2 is 1.93 bits per heavy atom. The van der Waals surface area contributed by atoms with E-state index in [1.165, 1.54) is 32.2 Å². The van der Waals surface area contributed by atoms with Crippen LogP contribution in [0.2, 0.25) is 0 Å². The van der Waals surface area contributed by atoms with Crippen molar-refractivity contribution >= 4 is 11.8 Å². The summed E-state index contributed by atoms with van der Waals surface area (Å²) in [6.45, 7) is 3.48. The van der Waals surface area contributed by atoms with Crippen molar-refractivity contribution < 1.29 is 0 Å². The highest BCUT2D eigenvalue weighted by Gasteiger charge is 2.38. The molecule has 3 unspecified atom stereocenters. The molecule has 2 saturated heterocycles. The molecule has 2 heterocycles. The van der Waals surface area contributed by atoms with Gasteiger partial charge in [0.2, 0.25) is 0 Å². The minimum Gasteiger partial charge on any atom is -0.313 e. The van der Waals surface area contributed by atoms with Crippen LogP contribution >= 0.6 is 11.8 Å². The Morgan fingerprint density at radius 3 is 2.47 bits per heavy atom. The molecule has 88 valence electrons. The number of nitrogens with zero attached hydrogens (tertiary/aromatic N) is 1. The summed E-state index contributed by atoms with van der Waals surface area (Å²) in [6, 6.07) is 2.52. The van der Waals surface area contributed by atoms with Gasteiger partial charge in [-0.25, -0.2) is 0 Å². The highest BCUT2D eigenvalue weighted by molar-refractivity contribution is 7.99. The maximum Gasteiger partial charge on any atom is 0.0141 e. The molecule has 15 heavy (non-hydrogen) atoms. The van der Waals surface area contributed by atoms with Gasteiger partial charge in [0.1, 0.15) is 0 Å². The first-order chi connectivity index (χ1) is 7.20. The highest BCUT2D eigenvalue weighted by atomic mass is 32.2. The number of nitrogens with one attached hydrogen (secondary N) is 1. The van der Waals surface area contributed by atoms with Crippen LogP contribution in [0.5, 0.6) is 0 Å². The van der Waals surface area contributed by atoms with Crippen molar-refractivity contribution in [3.8, 4) is 0 Å². The van der Waals surface area contributed by atoms with Crippen LogP contribution in [0.4, 0.5) is 0 Å². The molecule has 3 atom stereocenters. The molecule has 0 aliphatic carbocycles. The number of hydrogen-bond acceptors (Lipinski definition) is 3. The summed E-state index contributed by atoms with van der Waals surface area (Å²) in [4.78, 5) is 2.61. The second-order valence-corrected chi connectivity index (χ2v) is 6.45. The van der Waals surface area contributed by atoms with E-state index in [-0.39, 0.29) is 0 Å². The fourth-order valence-electron chi connectivity index (χ4n) is 2.99. The smallest absolute Gasteiger partial charge is 0.0141 e. The second-order valence-electron chi connectivity index (χ2n) is 5.17. The SMILES string of the molecule is CSC(C)CNC1CC2CCC(C1)N2C. The van der Waals surface area contributed by atoms with Gasteiger partial charge in [-0.3, -0.25) is 0 Å². The maximum atomic E-state index is 3.75. The van der Waals surface area contributed by atoms with E-state index in [1.807, 2.05) is 11.8 Å². The molecule has 0 amide bonds. The summed E-state index contributed by atoms with van der Waals surface area (Å²) in [7, 11) is 2.31. The predicted molar refractivity (Wildman–Crippen MR) is 68.6 cm³/mol. The molecule has 1 N–H and O–H groups in total. The predicted octanol–water partition coefficient (Wildman–Crippen LogP) is 1.95. The summed E-state index contributed by atoms with van der Waals surface area (Å²) in [5, 5.41) is 4.50. The number of rotatable bonds is 4. The Hall–Kier alpha value is 0.270. The molecule has 2 rings (SSSR count). The van der Waals surface area contributed by atoms with Crippen molar-refractivity contribution in [2.24, 2.45) is 0 Å². The lowest BCUT2D eigenvalue weighted by atomic mass is 9.98. The molecule has 0 saturated carbocycles. The Kier molecular flexibility index (Phi) is 3.97. The van der Waals surface area contributed by atoms with E-state index in [2.05, 4.69) is 30.4 Å². The Morgan fingerprint density at radius 1 is 1.33 bits per heavy atom. The van der Waals surface area contributed by atoms with E-state index in [0.717, 1.165) is 23.4 Å². The zero-order valence-electron chi connectivity index (χ0n) is 10.2. The largest absolute Gasteiger partial charge is 0.313 e. The minimum absolute atomic E-state index is 0.752. The number of hydrogen-bond donors (Lipinski definition) is 1. The lowest BCUT2D eigenvalue weighted by Gasteiger charge is -2.37. The molecule has 2 aliphatic heterocycles. The van der Waals surface area contributed by atoms with Crippen molar-refractivity contribution in [1.82, 2.24) is 10.2 Å². The summed E-state index contributed by atoms with van der Waals surface area (Å²) >= 11 is 1.96. The van der Waals surface area contributed by atoms with Crippen LogP contribution < -0.4 is 5.32 Å². The topological polar surface area (TPSA) is 15.3 Å². The van der Waals surface area contributed by atoms with Gasteiger partial charge in [-0.2, -0.15) is 11.8 Å². The van der Waals surface area contributed by atoms with Gasteiger partial charge in [0.05, 0.1) is 0 Å². The van der Waals surface area contributed by atoms with Crippen LogP contribution in [0.1, 0.15) is 32.6 Å². The van der Waals surface area contributed by atoms with Crippen LogP contribution in [0, 0.1) is 0 Å². The number of fused-ring (bicyclic) bond motifs is 2. The third kappa shape index (κ3) is 2.69. The summed E-state index contributed by atoms with van der Waals surface area (Å²) in [5.74, 6) is 0. The van der Waals surface area contributed by atoms with Gasteiger partial charge < -0.3 is 10.2 Å². The van der Waals surface area contributed by atoms with Crippen LogP contribution in [-0.2, 0) is 0 Å². The normalized spacial score (nSPS) is 38.2. The molecular formula is C12H24N2S. The fraction of sp³-hybridized carbons (Fsp3) is 1.00. The minimum atomic E-state index is 0.752. The maximum absolute atomic E-state index is 3.75. The van der Waals surface area contributed by atoms with Gasteiger partial charge in [-0.05, 0) is 39.0 Å².